The maximum absolute atomic E-state index is 12.9. The molecule has 0 atom stereocenters. The number of nitrogen functional groups attached to an aromatic ring is 1. The SMILES string of the molecule is Cc1ccc2cc3c(N)nn(C(=O)c4ccc([N+](=O)[O-])cc4Cl)c3nc2c1. The van der Waals surface area contributed by atoms with Gasteiger partial charge in [-0.05, 0) is 30.7 Å². The summed E-state index contributed by atoms with van der Waals surface area (Å²) in [5, 5.41) is 16.3. The van der Waals surface area contributed by atoms with Crippen molar-refractivity contribution >= 4 is 50.9 Å². The monoisotopic (exact) mass is 381 g/mol. The molecule has 0 unspecified atom stereocenters. The third-order valence-corrected chi connectivity index (χ3v) is 4.54. The van der Waals surface area contributed by atoms with E-state index in [0.29, 0.717) is 16.6 Å². The molecule has 0 bridgehead atoms. The molecule has 9 heteroatoms. The van der Waals surface area contributed by atoms with Crippen LogP contribution in [0.1, 0.15) is 15.9 Å². The van der Waals surface area contributed by atoms with Gasteiger partial charge in [0, 0.05) is 17.5 Å². The van der Waals surface area contributed by atoms with Crippen LogP contribution in [0.5, 0.6) is 0 Å². The number of pyridine rings is 1. The van der Waals surface area contributed by atoms with Gasteiger partial charge < -0.3 is 5.73 Å². The summed E-state index contributed by atoms with van der Waals surface area (Å²) in [4.78, 5) is 27.7. The molecule has 0 fully saturated rings. The number of nitro groups is 1. The molecule has 0 aliphatic rings. The van der Waals surface area contributed by atoms with Gasteiger partial charge in [0.2, 0.25) is 0 Å². The van der Waals surface area contributed by atoms with Gasteiger partial charge in [0.15, 0.2) is 11.5 Å². The van der Waals surface area contributed by atoms with Crippen LogP contribution in [-0.2, 0) is 0 Å². The van der Waals surface area contributed by atoms with Crippen LogP contribution in [0.25, 0.3) is 21.9 Å². The minimum atomic E-state index is -0.586. The normalized spacial score (nSPS) is 11.2. The number of fused-ring (bicyclic) bond motifs is 2. The molecule has 2 aromatic carbocycles. The first-order valence-electron chi connectivity index (χ1n) is 7.89. The highest BCUT2D eigenvalue weighted by molar-refractivity contribution is 6.34. The van der Waals surface area contributed by atoms with Gasteiger partial charge in [0.1, 0.15) is 0 Å². The summed E-state index contributed by atoms with van der Waals surface area (Å²) >= 11 is 6.07. The van der Waals surface area contributed by atoms with Crippen molar-refractivity contribution in [1.82, 2.24) is 14.8 Å². The van der Waals surface area contributed by atoms with Gasteiger partial charge >= 0.3 is 0 Å². The maximum atomic E-state index is 12.9. The standard InChI is InChI=1S/C18H12ClN5O3/c1-9-2-3-10-7-13-16(20)22-23(17(13)21-15(10)6-9)18(25)12-5-4-11(24(26)27)8-14(12)19/h2-8H,1H3,(H2,20,22). The first-order chi connectivity index (χ1) is 12.8. The van der Waals surface area contributed by atoms with E-state index in [1.807, 2.05) is 31.2 Å². The Labute approximate surface area is 157 Å². The first kappa shape index (κ1) is 16.9. The van der Waals surface area contributed by atoms with Crippen molar-refractivity contribution in [2.24, 2.45) is 0 Å². The number of nitrogens with zero attached hydrogens (tertiary/aromatic N) is 4. The summed E-state index contributed by atoms with van der Waals surface area (Å²) in [5.74, 6) is -0.414. The van der Waals surface area contributed by atoms with Crippen LogP contribution >= 0.6 is 11.6 Å². The number of hydrogen-bond donors (Lipinski definition) is 1. The Bertz CT molecular complexity index is 1270. The third kappa shape index (κ3) is 2.76. The number of carbonyl (C=O) groups excluding carboxylic acids is 1. The van der Waals surface area contributed by atoms with E-state index in [0.717, 1.165) is 21.7 Å². The molecule has 0 aliphatic carbocycles. The lowest BCUT2D eigenvalue weighted by Gasteiger charge is -2.05. The summed E-state index contributed by atoms with van der Waals surface area (Å²) in [6.07, 6.45) is 0. The number of rotatable bonds is 2. The number of benzene rings is 2. The molecule has 4 rings (SSSR count). The van der Waals surface area contributed by atoms with E-state index in [-0.39, 0.29) is 22.1 Å². The summed E-state index contributed by atoms with van der Waals surface area (Å²) in [6.45, 7) is 1.94. The Hall–Kier alpha value is -3.52. The predicted molar refractivity (Wildman–Crippen MR) is 102 cm³/mol. The van der Waals surface area contributed by atoms with Crippen LogP contribution in [0.3, 0.4) is 0 Å². The number of hydrogen-bond acceptors (Lipinski definition) is 6. The Morgan fingerprint density at radius 2 is 2.00 bits per heavy atom. The van der Waals surface area contributed by atoms with Crippen molar-refractivity contribution in [3.05, 3.63) is 68.7 Å². The predicted octanol–water partition coefficient (Wildman–Crippen LogP) is 3.73. The van der Waals surface area contributed by atoms with Gasteiger partial charge in [-0.1, -0.05) is 23.7 Å². The van der Waals surface area contributed by atoms with E-state index in [1.54, 1.807) is 0 Å². The highest BCUT2D eigenvalue weighted by Crippen LogP contribution is 2.27. The Morgan fingerprint density at radius 3 is 2.70 bits per heavy atom. The van der Waals surface area contributed by atoms with E-state index in [1.165, 1.54) is 12.1 Å². The Morgan fingerprint density at radius 1 is 1.22 bits per heavy atom. The maximum Gasteiger partial charge on any atom is 0.281 e. The summed E-state index contributed by atoms with van der Waals surface area (Å²) in [5.41, 5.74) is 7.85. The molecule has 0 radical (unpaired) electrons. The van der Waals surface area contributed by atoms with Crippen LogP contribution in [0, 0.1) is 17.0 Å². The van der Waals surface area contributed by atoms with E-state index in [4.69, 9.17) is 17.3 Å². The molecule has 0 saturated heterocycles. The summed E-state index contributed by atoms with van der Waals surface area (Å²) in [6, 6.07) is 11.2. The minimum Gasteiger partial charge on any atom is -0.382 e. The van der Waals surface area contributed by atoms with Crippen LogP contribution in [0.4, 0.5) is 11.5 Å². The molecule has 0 spiro atoms. The largest absolute Gasteiger partial charge is 0.382 e. The molecule has 4 aromatic rings. The molecule has 8 nitrogen and oxygen atoms in total. The number of nitrogens with two attached hydrogens (primary N) is 1. The molecule has 134 valence electrons. The van der Waals surface area contributed by atoms with Crippen molar-refractivity contribution in [2.45, 2.75) is 6.92 Å². The molecule has 0 aliphatic heterocycles. The van der Waals surface area contributed by atoms with Gasteiger partial charge in [-0.3, -0.25) is 14.9 Å². The van der Waals surface area contributed by atoms with E-state index >= 15 is 0 Å². The molecule has 0 saturated carbocycles. The average Bonchev–Trinajstić information content (AvgIpc) is 2.95. The number of non-ortho nitro benzene ring substituents is 1. The van der Waals surface area contributed by atoms with Gasteiger partial charge in [-0.25, -0.2) is 4.98 Å². The highest BCUT2D eigenvalue weighted by Gasteiger charge is 2.21. The number of anilines is 1. The number of halogens is 1. The number of carbonyl (C=O) groups is 1. The van der Waals surface area contributed by atoms with Crippen LogP contribution in [-0.4, -0.2) is 25.6 Å². The highest BCUT2D eigenvalue weighted by atomic mass is 35.5. The smallest absolute Gasteiger partial charge is 0.281 e. The molecular weight excluding hydrogens is 370 g/mol. The van der Waals surface area contributed by atoms with E-state index in [9.17, 15) is 14.9 Å². The quantitative estimate of drug-likeness (QED) is 0.417. The van der Waals surface area contributed by atoms with Crippen LogP contribution in [0.15, 0.2) is 42.5 Å². The van der Waals surface area contributed by atoms with Crippen molar-refractivity contribution < 1.29 is 9.72 Å². The van der Waals surface area contributed by atoms with Crippen LogP contribution < -0.4 is 5.73 Å². The number of aryl methyl sites for hydroxylation is 1. The second-order valence-electron chi connectivity index (χ2n) is 6.08. The zero-order valence-corrected chi connectivity index (χ0v) is 14.8. The molecule has 27 heavy (non-hydrogen) atoms. The topological polar surface area (TPSA) is 117 Å². The summed E-state index contributed by atoms with van der Waals surface area (Å²) < 4.78 is 1.07. The van der Waals surface area contributed by atoms with E-state index in [2.05, 4.69) is 10.1 Å². The van der Waals surface area contributed by atoms with Crippen molar-refractivity contribution in [1.29, 1.82) is 0 Å². The molecule has 2 heterocycles. The second-order valence-corrected chi connectivity index (χ2v) is 6.49. The number of nitro benzene ring substituents is 1. The zero-order valence-electron chi connectivity index (χ0n) is 14.0. The molecular formula is C18H12ClN5O3. The average molecular weight is 382 g/mol. The fourth-order valence-corrected chi connectivity index (χ4v) is 3.13. The lowest BCUT2D eigenvalue weighted by Crippen LogP contribution is -2.15. The van der Waals surface area contributed by atoms with Gasteiger partial charge in [-0.15, -0.1) is 5.10 Å². The summed E-state index contributed by atoms with van der Waals surface area (Å²) in [7, 11) is 0. The van der Waals surface area contributed by atoms with Crippen molar-refractivity contribution in [3.63, 3.8) is 0 Å². The lowest BCUT2D eigenvalue weighted by molar-refractivity contribution is -0.384. The fourth-order valence-electron chi connectivity index (χ4n) is 2.87. The zero-order chi connectivity index (χ0) is 19.3. The van der Waals surface area contributed by atoms with Gasteiger partial charge in [-0.2, -0.15) is 4.68 Å². The second kappa shape index (κ2) is 6.03. The molecule has 0 amide bonds. The minimum absolute atomic E-state index is 0.0481. The number of aromatic nitrogens is 3. The van der Waals surface area contributed by atoms with Gasteiger partial charge in [0.25, 0.3) is 11.6 Å². The van der Waals surface area contributed by atoms with E-state index < -0.39 is 10.8 Å². The molecule has 2 N–H and O–H groups in total. The molecule has 2 aromatic heterocycles. The fraction of sp³-hybridized carbons (Fsp3) is 0.0556. The third-order valence-electron chi connectivity index (χ3n) is 4.22. The Kier molecular flexibility index (Phi) is 3.78. The van der Waals surface area contributed by atoms with Crippen molar-refractivity contribution in [3.8, 4) is 0 Å². The first-order valence-corrected chi connectivity index (χ1v) is 8.27. The van der Waals surface area contributed by atoms with Gasteiger partial charge in [0.05, 0.1) is 26.4 Å². The Balaban J connectivity index is 1.90. The lowest BCUT2D eigenvalue weighted by atomic mass is 10.1. The van der Waals surface area contributed by atoms with Crippen LogP contribution in [0.2, 0.25) is 5.02 Å². The van der Waals surface area contributed by atoms with Crippen molar-refractivity contribution in [2.75, 3.05) is 5.73 Å².